The number of carbonyl (C=O) groups is 3. The van der Waals surface area contributed by atoms with Crippen molar-refractivity contribution < 1.29 is 38.2 Å². The van der Waals surface area contributed by atoms with E-state index in [1.165, 1.54) is 83.5 Å². The van der Waals surface area contributed by atoms with Gasteiger partial charge in [0.15, 0.2) is 6.10 Å². The average Bonchev–Trinajstić information content (AvgIpc) is 3.19. The predicted molar refractivity (Wildman–Crippen MR) is 245 cm³/mol. The van der Waals surface area contributed by atoms with Gasteiger partial charge in [0.25, 0.3) is 0 Å². The molecule has 0 bridgehead atoms. The maximum Gasteiger partial charge on any atom is 0.306 e. The summed E-state index contributed by atoms with van der Waals surface area (Å²) in [6.07, 6.45) is 51.0. The zero-order valence-corrected chi connectivity index (χ0v) is 38.7. The number of ether oxygens (including phenoxy) is 3. The topological polar surface area (TPSA) is 102 Å². The third-order valence-electron chi connectivity index (χ3n) is 10.4. The Morgan fingerprint density at radius 2 is 0.949 bits per heavy atom. The number of esters is 2. The second-order valence-electron chi connectivity index (χ2n) is 17.0. The van der Waals surface area contributed by atoms with E-state index in [1.807, 2.05) is 0 Å². The van der Waals surface area contributed by atoms with Crippen molar-refractivity contribution in [1.29, 1.82) is 0 Å². The second kappa shape index (κ2) is 41.8. The summed E-state index contributed by atoms with van der Waals surface area (Å²) < 4.78 is 17.2. The summed E-state index contributed by atoms with van der Waals surface area (Å²) in [4.78, 5) is 36.9. The van der Waals surface area contributed by atoms with E-state index >= 15 is 0 Å². The van der Waals surface area contributed by atoms with Gasteiger partial charge in [0, 0.05) is 19.3 Å². The highest BCUT2D eigenvalue weighted by molar-refractivity contribution is 5.70. The van der Waals surface area contributed by atoms with Gasteiger partial charge in [-0.25, -0.2) is 0 Å². The Labute approximate surface area is 362 Å². The van der Waals surface area contributed by atoms with Crippen LogP contribution in [0.1, 0.15) is 194 Å². The molecular formula is C51H89NO7. The number of rotatable bonds is 42. The standard InChI is InChI=1S/C51H89NO7/c1-6-8-10-12-14-16-18-20-22-24-26-27-29-31-33-35-37-39-41-49(53)58-46-47(45-57-44-43-48(51(55)56)52(3,4)5)59-50(54)42-40-38-36-34-32-30-28-25-23-21-19-17-15-13-11-9-7-2/h9,11,15,17,21-24,28,30,47-48H,6-8,10,12-14,16,18-20,25-27,29,31-46H2,1-5H3/b11-9-,17-15-,23-21-,24-22-,30-28-. The van der Waals surface area contributed by atoms with Gasteiger partial charge in [-0.15, -0.1) is 0 Å². The Kier molecular flexibility index (Phi) is 39.6. The molecule has 2 atom stereocenters. The lowest BCUT2D eigenvalue weighted by molar-refractivity contribution is -0.889. The van der Waals surface area contributed by atoms with E-state index < -0.39 is 18.1 Å². The van der Waals surface area contributed by atoms with Gasteiger partial charge < -0.3 is 28.6 Å². The Hall–Kier alpha value is -2.97. The molecule has 0 aliphatic carbocycles. The van der Waals surface area contributed by atoms with Gasteiger partial charge >= 0.3 is 11.9 Å². The summed E-state index contributed by atoms with van der Waals surface area (Å²) >= 11 is 0. The molecule has 0 amide bonds. The molecule has 8 nitrogen and oxygen atoms in total. The van der Waals surface area contributed by atoms with Gasteiger partial charge in [0.2, 0.25) is 0 Å². The van der Waals surface area contributed by atoms with E-state index in [4.69, 9.17) is 14.2 Å². The first-order chi connectivity index (χ1) is 28.6. The summed E-state index contributed by atoms with van der Waals surface area (Å²) in [5.41, 5.74) is 0. The van der Waals surface area contributed by atoms with Crippen molar-refractivity contribution in [3.8, 4) is 0 Å². The first-order valence-corrected chi connectivity index (χ1v) is 23.8. The summed E-state index contributed by atoms with van der Waals surface area (Å²) in [6.45, 7) is 4.52. The molecule has 0 heterocycles. The highest BCUT2D eigenvalue weighted by Crippen LogP contribution is 2.14. The molecule has 0 aliphatic rings. The van der Waals surface area contributed by atoms with Crippen molar-refractivity contribution in [3.63, 3.8) is 0 Å². The van der Waals surface area contributed by atoms with Crippen LogP contribution in [-0.4, -0.2) is 75.5 Å². The fourth-order valence-corrected chi connectivity index (χ4v) is 6.70. The van der Waals surface area contributed by atoms with Gasteiger partial charge in [-0.3, -0.25) is 9.59 Å². The first-order valence-electron chi connectivity index (χ1n) is 23.8. The molecule has 8 heteroatoms. The minimum Gasteiger partial charge on any atom is -0.544 e. The predicted octanol–water partition coefficient (Wildman–Crippen LogP) is 12.0. The van der Waals surface area contributed by atoms with E-state index in [1.54, 1.807) is 21.1 Å². The summed E-state index contributed by atoms with van der Waals surface area (Å²) in [6, 6.07) is -0.733. The number of carbonyl (C=O) groups excluding carboxylic acids is 3. The molecule has 0 aromatic rings. The van der Waals surface area contributed by atoms with Gasteiger partial charge in [-0.2, -0.15) is 0 Å². The van der Waals surface area contributed by atoms with Crippen LogP contribution in [0.2, 0.25) is 0 Å². The molecule has 0 rings (SSSR count). The van der Waals surface area contributed by atoms with Crippen LogP contribution in [-0.2, 0) is 28.6 Å². The van der Waals surface area contributed by atoms with E-state index in [0.717, 1.165) is 77.0 Å². The smallest absolute Gasteiger partial charge is 0.306 e. The Bertz CT molecular complexity index is 1150. The first kappa shape index (κ1) is 56.0. The van der Waals surface area contributed by atoms with Crippen LogP contribution >= 0.6 is 0 Å². The maximum atomic E-state index is 12.7. The molecule has 0 saturated carbocycles. The number of unbranched alkanes of at least 4 members (excludes halogenated alkanes) is 18. The number of likely N-dealkylation sites (N-methyl/N-ethyl adjacent to an activating group) is 1. The fraction of sp³-hybridized carbons (Fsp3) is 0.745. The lowest BCUT2D eigenvalue weighted by Crippen LogP contribution is -2.55. The van der Waals surface area contributed by atoms with Crippen LogP contribution in [0.15, 0.2) is 60.8 Å². The highest BCUT2D eigenvalue weighted by Gasteiger charge is 2.25. The Morgan fingerprint density at radius 1 is 0.525 bits per heavy atom. The lowest BCUT2D eigenvalue weighted by Gasteiger charge is -2.34. The van der Waals surface area contributed by atoms with Crippen molar-refractivity contribution in [2.24, 2.45) is 0 Å². The molecular weight excluding hydrogens is 739 g/mol. The minimum absolute atomic E-state index is 0.0276. The highest BCUT2D eigenvalue weighted by atomic mass is 16.6. The Balaban J connectivity index is 4.35. The molecule has 0 radical (unpaired) electrons. The van der Waals surface area contributed by atoms with Gasteiger partial charge in [-0.1, -0.05) is 158 Å². The number of quaternary nitrogens is 1. The monoisotopic (exact) mass is 828 g/mol. The van der Waals surface area contributed by atoms with Crippen molar-refractivity contribution in [2.75, 3.05) is 41.0 Å². The lowest BCUT2D eigenvalue weighted by atomic mass is 10.1. The minimum atomic E-state index is -1.13. The van der Waals surface area contributed by atoms with Gasteiger partial charge in [0.05, 0.1) is 40.3 Å². The van der Waals surface area contributed by atoms with Crippen molar-refractivity contribution in [1.82, 2.24) is 0 Å². The fourth-order valence-electron chi connectivity index (χ4n) is 6.70. The molecule has 0 aromatic heterocycles. The summed E-state index contributed by atoms with van der Waals surface area (Å²) in [7, 11) is 5.40. The van der Waals surface area contributed by atoms with Crippen LogP contribution < -0.4 is 5.11 Å². The van der Waals surface area contributed by atoms with E-state index in [9.17, 15) is 19.5 Å². The molecule has 0 aliphatic heterocycles. The molecule has 59 heavy (non-hydrogen) atoms. The largest absolute Gasteiger partial charge is 0.544 e. The summed E-state index contributed by atoms with van der Waals surface area (Å²) in [5, 5.41) is 11.6. The van der Waals surface area contributed by atoms with Gasteiger partial charge in [0.1, 0.15) is 12.6 Å². The third kappa shape index (κ3) is 40.2. The molecule has 340 valence electrons. The van der Waals surface area contributed by atoms with Crippen LogP contribution in [0.3, 0.4) is 0 Å². The van der Waals surface area contributed by atoms with E-state index in [-0.39, 0.29) is 42.7 Å². The molecule has 0 N–H and O–H groups in total. The van der Waals surface area contributed by atoms with Crippen molar-refractivity contribution in [3.05, 3.63) is 60.8 Å². The number of aliphatic carboxylic acids is 1. The van der Waals surface area contributed by atoms with Crippen LogP contribution in [0, 0.1) is 0 Å². The number of carboxylic acid groups (broad SMARTS) is 1. The van der Waals surface area contributed by atoms with Gasteiger partial charge in [-0.05, 0) is 77.0 Å². The normalized spacial score (nSPS) is 13.4. The number of hydrogen-bond acceptors (Lipinski definition) is 7. The van der Waals surface area contributed by atoms with E-state index in [2.05, 4.69) is 74.6 Å². The SMILES string of the molecule is CC/C=C\C/C=C\C/C=C\C/C=C\CCCCCCC(=O)OC(COCCC(C(=O)[O-])[N+](C)(C)C)COC(=O)CCCCCCCCC/C=C\CCCCCCCCC. The molecule has 0 aromatic carbocycles. The Morgan fingerprint density at radius 3 is 1.42 bits per heavy atom. The number of carboxylic acids is 1. The molecule has 2 unspecified atom stereocenters. The van der Waals surface area contributed by atoms with Crippen molar-refractivity contribution >= 4 is 17.9 Å². The number of nitrogens with zero attached hydrogens (tertiary/aromatic N) is 1. The number of allylic oxidation sites excluding steroid dienone is 10. The zero-order chi connectivity index (χ0) is 43.5. The quantitative estimate of drug-likeness (QED) is 0.0261. The molecule has 0 saturated heterocycles. The maximum absolute atomic E-state index is 12.7. The van der Waals surface area contributed by atoms with Crippen LogP contribution in [0.25, 0.3) is 0 Å². The van der Waals surface area contributed by atoms with E-state index in [0.29, 0.717) is 12.8 Å². The summed E-state index contributed by atoms with van der Waals surface area (Å²) in [5.74, 6) is -1.77. The molecule has 0 spiro atoms. The van der Waals surface area contributed by atoms with Crippen LogP contribution in [0.5, 0.6) is 0 Å². The third-order valence-corrected chi connectivity index (χ3v) is 10.4. The molecule has 0 fully saturated rings. The number of hydrogen-bond donors (Lipinski definition) is 0. The van der Waals surface area contributed by atoms with Crippen LogP contribution in [0.4, 0.5) is 0 Å². The van der Waals surface area contributed by atoms with Crippen molar-refractivity contribution in [2.45, 2.75) is 206 Å². The average molecular weight is 828 g/mol. The zero-order valence-electron chi connectivity index (χ0n) is 38.7. The second-order valence-corrected chi connectivity index (χ2v) is 17.0.